The second-order valence-corrected chi connectivity index (χ2v) is 20.8. The Bertz CT molecular complexity index is 3730. The molecule has 2 aromatic heterocycles. The maximum absolute atomic E-state index is 6.86. The Labute approximate surface area is 402 Å². The minimum Gasteiger partial charge on any atom is -0.454 e. The first-order valence-electron chi connectivity index (χ1n) is 24.2. The van der Waals surface area contributed by atoms with E-state index >= 15 is 0 Å². The number of benzene rings is 10. The van der Waals surface area contributed by atoms with E-state index in [1.807, 2.05) is 0 Å². The van der Waals surface area contributed by atoms with Crippen LogP contribution < -0.4 is 9.80 Å². The molecule has 334 valence electrons. The Hall–Kier alpha value is -8.08. The molecule has 0 bridgehead atoms. The van der Waals surface area contributed by atoms with Crippen molar-refractivity contribution in [1.29, 1.82) is 0 Å². The number of hydrogen-bond acceptors (Lipinski definition) is 4. The molecule has 0 saturated heterocycles. The highest BCUT2D eigenvalue weighted by Crippen LogP contribution is 2.68. The molecule has 0 fully saturated rings. The van der Waals surface area contributed by atoms with Crippen molar-refractivity contribution in [1.82, 2.24) is 0 Å². The van der Waals surface area contributed by atoms with E-state index in [1.165, 1.54) is 43.8 Å². The molecule has 69 heavy (non-hydrogen) atoms. The Morgan fingerprint density at radius 1 is 0.319 bits per heavy atom. The van der Waals surface area contributed by atoms with Gasteiger partial charge in [-0.2, -0.15) is 0 Å². The van der Waals surface area contributed by atoms with Gasteiger partial charge in [0, 0.05) is 49.1 Å². The van der Waals surface area contributed by atoms with Crippen LogP contribution in [0.15, 0.2) is 215 Å². The van der Waals surface area contributed by atoms with E-state index in [0.29, 0.717) is 0 Å². The molecule has 10 aromatic carbocycles. The zero-order valence-corrected chi connectivity index (χ0v) is 39.8. The van der Waals surface area contributed by atoms with Crippen molar-refractivity contribution in [2.45, 2.75) is 47.0 Å². The van der Waals surface area contributed by atoms with Gasteiger partial charge in [0.2, 0.25) is 0 Å². The molecule has 0 N–H and O–H groups in total. The van der Waals surface area contributed by atoms with Crippen molar-refractivity contribution >= 4 is 99.5 Å². The largest absolute Gasteiger partial charge is 0.454 e. The summed E-state index contributed by atoms with van der Waals surface area (Å²) in [7, 11) is 0. The standard InChI is InChI=1S/C65H52N2O2/c1-63(2,3)65(64(4,5)6)51-39-55(66(41-23-9-7-10-24-41)53-35-21-33-49-45-29-17-19-37-57(45)68-61(49)53)43-27-13-15-31-47(43)59(51)60-48-32-16-14-28-44(48)56(40-52(60)65)67(42-25-11-8-12-26-42)54-36-22-34-50-46-30-18-20-38-58(46)69-62(50)54/h7-40H,1-6H3. The summed E-state index contributed by atoms with van der Waals surface area (Å²) in [6, 6.07) is 74.8. The van der Waals surface area contributed by atoms with Crippen LogP contribution in [0, 0.1) is 10.8 Å². The lowest BCUT2D eigenvalue weighted by Gasteiger charge is -2.53. The summed E-state index contributed by atoms with van der Waals surface area (Å²) in [6.45, 7) is 14.7. The Morgan fingerprint density at radius 2 is 0.652 bits per heavy atom. The van der Waals surface area contributed by atoms with Crippen LogP contribution in [-0.4, -0.2) is 0 Å². The minimum absolute atomic E-state index is 0.280. The van der Waals surface area contributed by atoms with E-state index in [9.17, 15) is 0 Å². The lowest BCUT2D eigenvalue weighted by atomic mass is 9.50. The molecule has 1 aliphatic carbocycles. The van der Waals surface area contributed by atoms with Crippen LogP contribution in [0.25, 0.3) is 76.5 Å². The van der Waals surface area contributed by atoms with Gasteiger partial charge in [-0.05, 0) is 105 Å². The van der Waals surface area contributed by atoms with Crippen molar-refractivity contribution in [3.05, 3.63) is 217 Å². The maximum atomic E-state index is 6.86. The quantitative estimate of drug-likeness (QED) is 0.166. The van der Waals surface area contributed by atoms with Gasteiger partial charge in [-0.1, -0.05) is 187 Å². The van der Waals surface area contributed by atoms with Crippen LogP contribution in [0.2, 0.25) is 0 Å². The van der Waals surface area contributed by atoms with E-state index in [1.54, 1.807) is 0 Å². The van der Waals surface area contributed by atoms with Gasteiger partial charge in [0.15, 0.2) is 11.2 Å². The monoisotopic (exact) mass is 892 g/mol. The van der Waals surface area contributed by atoms with Crippen molar-refractivity contribution in [2.75, 3.05) is 9.80 Å². The SMILES string of the molecule is CC(C)(C)C1(C(C)(C)C)c2cc(N(c3ccccc3)c3cccc4c3oc3ccccc34)c3ccccc3c2-c2c1cc(N(c1ccccc1)c1cccc3c1oc1ccccc13)c1ccccc21. The predicted molar refractivity (Wildman–Crippen MR) is 291 cm³/mol. The summed E-state index contributed by atoms with van der Waals surface area (Å²) in [5.41, 5.74) is 14.0. The average Bonchev–Trinajstić information content (AvgIpc) is 4.04. The second kappa shape index (κ2) is 15.0. The van der Waals surface area contributed by atoms with Crippen LogP contribution in [-0.2, 0) is 5.41 Å². The lowest BCUT2D eigenvalue weighted by Crippen LogP contribution is -2.50. The maximum Gasteiger partial charge on any atom is 0.159 e. The van der Waals surface area contributed by atoms with Crippen LogP contribution in [0.5, 0.6) is 0 Å². The number of hydrogen-bond donors (Lipinski definition) is 0. The summed E-state index contributed by atoms with van der Waals surface area (Å²) in [4.78, 5) is 4.89. The fourth-order valence-electron chi connectivity index (χ4n) is 12.9. The topological polar surface area (TPSA) is 32.8 Å². The molecule has 0 amide bonds. The Kier molecular flexibility index (Phi) is 8.92. The Balaban J connectivity index is 1.16. The van der Waals surface area contributed by atoms with E-state index in [2.05, 4.69) is 258 Å². The van der Waals surface area contributed by atoms with Gasteiger partial charge < -0.3 is 18.6 Å². The first-order chi connectivity index (χ1) is 33.5. The highest BCUT2D eigenvalue weighted by molar-refractivity contribution is 6.20. The summed E-state index contributed by atoms with van der Waals surface area (Å²) < 4.78 is 13.7. The van der Waals surface area contributed by atoms with Crippen LogP contribution >= 0.6 is 0 Å². The van der Waals surface area contributed by atoms with Gasteiger partial charge in [-0.3, -0.25) is 0 Å². The summed E-state index contributed by atoms with van der Waals surface area (Å²) in [5.74, 6) is 0. The predicted octanol–water partition coefficient (Wildman–Crippen LogP) is 19.1. The molecule has 0 unspecified atom stereocenters. The fraction of sp³-hybridized carbons (Fsp3) is 0.138. The third-order valence-electron chi connectivity index (χ3n) is 15.1. The van der Waals surface area contributed by atoms with Crippen LogP contribution in [0.1, 0.15) is 52.7 Å². The molecule has 0 radical (unpaired) electrons. The third-order valence-corrected chi connectivity index (χ3v) is 15.1. The first kappa shape index (κ1) is 41.1. The molecule has 12 aromatic rings. The molecule has 4 heteroatoms. The van der Waals surface area contributed by atoms with Crippen molar-refractivity contribution < 1.29 is 8.83 Å². The fourth-order valence-corrected chi connectivity index (χ4v) is 12.9. The van der Waals surface area contributed by atoms with Crippen molar-refractivity contribution in [3.8, 4) is 11.1 Å². The summed E-state index contributed by atoms with van der Waals surface area (Å²) >= 11 is 0. The number of furan rings is 2. The van der Waals surface area contributed by atoms with Crippen molar-refractivity contribution in [3.63, 3.8) is 0 Å². The zero-order valence-electron chi connectivity index (χ0n) is 39.8. The first-order valence-corrected chi connectivity index (χ1v) is 24.2. The van der Waals surface area contributed by atoms with Gasteiger partial charge in [0.05, 0.1) is 22.7 Å². The van der Waals surface area contributed by atoms with E-state index in [0.717, 1.165) is 78.0 Å². The summed E-state index contributed by atoms with van der Waals surface area (Å²) in [6.07, 6.45) is 0. The third kappa shape index (κ3) is 5.82. The highest BCUT2D eigenvalue weighted by atomic mass is 16.3. The molecule has 4 nitrogen and oxygen atoms in total. The molecular weight excluding hydrogens is 841 g/mol. The zero-order chi connectivity index (χ0) is 46.8. The molecular formula is C65H52N2O2. The minimum atomic E-state index is -0.510. The average molecular weight is 893 g/mol. The van der Waals surface area contributed by atoms with Gasteiger partial charge in [0.1, 0.15) is 11.2 Å². The number of fused-ring (bicyclic) bond motifs is 13. The van der Waals surface area contributed by atoms with E-state index in [4.69, 9.17) is 8.83 Å². The lowest BCUT2D eigenvalue weighted by molar-refractivity contribution is 0.0952. The van der Waals surface area contributed by atoms with Crippen molar-refractivity contribution in [2.24, 2.45) is 10.8 Å². The molecule has 13 rings (SSSR count). The Morgan fingerprint density at radius 3 is 1.04 bits per heavy atom. The van der Waals surface area contributed by atoms with Crippen LogP contribution in [0.3, 0.4) is 0 Å². The number of rotatable bonds is 6. The van der Waals surface area contributed by atoms with Gasteiger partial charge >= 0.3 is 0 Å². The number of anilines is 6. The molecule has 2 heterocycles. The molecule has 0 saturated carbocycles. The highest BCUT2D eigenvalue weighted by Gasteiger charge is 2.59. The molecule has 1 aliphatic rings. The molecule has 0 spiro atoms. The number of para-hydroxylation sites is 6. The molecule has 0 aliphatic heterocycles. The van der Waals surface area contributed by atoms with Gasteiger partial charge in [-0.15, -0.1) is 0 Å². The van der Waals surface area contributed by atoms with Gasteiger partial charge in [-0.25, -0.2) is 0 Å². The van der Waals surface area contributed by atoms with Gasteiger partial charge in [0.25, 0.3) is 0 Å². The van der Waals surface area contributed by atoms with E-state index in [-0.39, 0.29) is 10.8 Å². The van der Waals surface area contributed by atoms with E-state index < -0.39 is 5.41 Å². The smallest absolute Gasteiger partial charge is 0.159 e. The summed E-state index contributed by atoms with van der Waals surface area (Å²) in [5, 5.41) is 9.22. The second-order valence-electron chi connectivity index (χ2n) is 20.8. The number of nitrogens with zero attached hydrogens (tertiary/aromatic N) is 2. The van der Waals surface area contributed by atoms with Crippen LogP contribution in [0.4, 0.5) is 34.1 Å². The normalized spacial score (nSPS) is 13.5. The molecule has 0 atom stereocenters.